The third kappa shape index (κ3) is 3.69. The number of nitrogens with two attached hydrogens (primary N) is 1. The molecule has 2 N–H and O–H groups in total. The van der Waals surface area contributed by atoms with Crippen molar-refractivity contribution in [2.24, 2.45) is 5.73 Å². The molecule has 0 aliphatic heterocycles. The van der Waals surface area contributed by atoms with Crippen LogP contribution >= 0.6 is 23.2 Å². The number of hydrogen-bond acceptors (Lipinski definition) is 2. The van der Waals surface area contributed by atoms with Crippen LogP contribution in [0, 0.1) is 13.8 Å². The maximum absolute atomic E-state index is 6.25. The van der Waals surface area contributed by atoms with Gasteiger partial charge in [0, 0.05) is 27.5 Å². The molecule has 1 unspecified atom stereocenters. The molecule has 0 aliphatic carbocycles. The Morgan fingerprint density at radius 3 is 2.37 bits per heavy atom. The van der Waals surface area contributed by atoms with Crippen LogP contribution in [0.15, 0.2) is 30.3 Å². The maximum atomic E-state index is 6.25. The molecule has 0 spiro atoms. The number of aryl methyl sites for hydroxylation is 2. The van der Waals surface area contributed by atoms with Gasteiger partial charge in [-0.1, -0.05) is 23.2 Å². The lowest BCUT2D eigenvalue weighted by Crippen LogP contribution is -2.14. The number of nitrogens with zero attached hydrogens (tertiary/aromatic N) is 1. The van der Waals surface area contributed by atoms with E-state index in [2.05, 4.69) is 4.98 Å². The molecule has 0 aliphatic rings. The minimum absolute atomic E-state index is 0.114. The Kier molecular flexibility index (Phi) is 4.46. The molecule has 19 heavy (non-hydrogen) atoms. The van der Waals surface area contributed by atoms with Gasteiger partial charge in [-0.3, -0.25) is 4.98 Å². The lowest BCUT2D eigenvalue weighted by atomic mass is 9.99. The summed E-state index contributed by atoms with van der Waals surface area (Å²) in [7, 11) is 0. The van der Waals surface area contributed by atoms with E-state index in [4.69, 9.17) is 28.9 Å². The minimum atomic E-state index is -0.114. The highest BCUT2D eigenvalue weighted by Crippen LogP contribution is 2.25. The fourth-order valence-corrected chi connectivity index (χ4v) is 2.52. The highest BCUT2D eigenvalue weighted by atomic mass is 35.5. The summed E-state index contributed by atoms with van der Waals surface area (Å²) in [5.74, 6) is 0. The van der Waals surface area contributed by atoms with Crippen LogP contribution in [-0.2, 0) is 6.42 Å². The van der Waals surface area contributed by atoms with Crippen molar-refractivity contribution in [3.8, 4) is 0 Å². The van der Waals surface area contributed by atoms with Gasteiger partial charge in [-0.05, 0) is 61.7 Å². The normalized spacial score (nSPS) is 12.5. The first kappa shape index (κ1) is 14.3. The predicted molar refractivity (Wildman–Crippen MR) is 80.8 cm³/mol. The lowest BCUT2D eigenvalue weighted by molar-refractivity contribution is 0.718. The molecule has 1 aromatic heterocycles. The molecule has 100 valence electrons. The molecule has 2 nitrogen and oxygen atoms in total. The molecule has 4 heteroatoms. The molecule has 0 saturated carbocycles. The van der Waals surface area contributed by atoms with Crippen molar-refractivity contribution in [3.05, 3.63) is 62.9 Å². The number of halogens is 2. The summed E-state index contributed by atoms with van der Waals surface area (Å²) in [6.45, 7) is 3.94. The van der Waals surface area contributed by atoms with E-state index in [1.165, 1.54) is 0 Å². The van der Waals surface area contributed by atoms with Gasteiger partial charge in [-0.15, -0.1) is 0 Å². The first-order valence-corrected chi connectivity index (χ1v) is 6.86. The SMILES string of the molecule is Cc1cc(C(N)Cc2cc(Cl)ccc2Cl)cc(C)n1. The largest absolute Gasteiger partial charge is 0.324 e. The fourth-order valence-electron chi connectivity index (χ4n) is 2.14. The van der Waals surface area contributed by atoms with Crippen LogP contribution in [0.1, 0.15) is 28.6 Å². The number of hydrogen-bond donors (Lipinski definition) is 1. The molecule has 1 aromatic carbocycles. The van der Waals surface area contributed by atoms with Crippen LogP contribution in [-0.4, -0.2) is 4.98 Å². The molecular weight excluding hydrogens is 279 g/mol. The fraction of sp³-hybridized carbons (Fsp3) is 0.267. The van der Waals surface area contributed by atoms with E-state index in [0.29, 0.717) is 16.5 Å². The summed E-state index contributed by atoms with van der Waals surface area (Å²) in [6, 6.07) is 9.35. The maximum Gasteiger partial charge on any atom is 0.0439 e. The first-order chi connectivity index (χ1) is 8.95. The van der Waals surface area contributed by atoms with Gasteiger partial charge in [-0.2, -0.15) is 0 Å². The number of rotatable bonds is 3. The van der Waals surface area contributed by atoms with Gasteiger partial charge in [0.25, 0.3) is 0 Å². The van der Waals surface area contributed by atoms with Gasteiger partial charge in [0.15, 0.2) is 0 Å². The molecule has 0 bridgehead atoms. The summed E-state index contributed by atoms with van der Waals surface area (Å²) < 4.78 is 0. The van der Waals surface area contributed by atoms with Gasteiger partial charge >= 0.3 is 0 Å². The third-order valence-electron chi connectivity index (χ3n) is 2.98. The molecular formula is C15H16Cl2N2. The van der Waals surface area contributed by atoms with Crippen molar-refractivity contribution >= 4 is 23.2 Å². The molecule has 0 amide bonds. The number of benzene rings is 1. The standard InChI is InChI=1S/C15H16Cl2N2/c1-9-5-12(6-10(2)19-9)15(18)8-11-7-13(16)3-4-14(11)17/h3-7,15H,8,18H2,1-2H3. The quantitative estimate of drug-likeness (QED) is 0.919. The van der Waals surface area contributed by atoms with Crippen LogP contribution < -0.4 is 5.73 Å². The van der Waals surface area contributed by atoms with E-state index in [1.54, 1.807) is 12.1 Å². The second-order valence-electron chi connectivity index (χ2n) is 4.73. The van der Waals surface area contributed by atoms with Gasteiger partial charge in [0.1, 0.15) is 0 Å². The number of aromatic nitrogens is 1. The summed E-state index contributed by atoms with van der Waals surface area (Å²) in [6.07, 6.45) is 0.655. The average Bonchev–Trinajstić information content (AvgIpc) is 2.32. The summed E-state index contributed by atoms with van der Waals surface area (Å²) in [5, 5.41) is 1.37. The molecule has 2 rings (SSSR count). The van der Waals surface area contributed by atoms with Crippen molar-refractivity contribution in [2.45, 2.75) is 26.3 Å². The Hall–Kier alpha value is -1.09. The highest BCUT2D eigenvalue weighted by molar-refractivity contribution is 6.33. The monoisotopic (exact) mass is 294 g/mol. The zero-order valence-electron chi connectivity index (χ0n) is 11.0. The Bertz CT molecular complexity index is 576. The smallest absolute Gasteiger partial charge is 0.0439 e. The van der Waals surface area contributed by atoms with Gasteiger partial charge < -0.3 is 5.73 Å². The first-order valence-electron chi connectivity index (χ1n) is 6.10. The topological polar surface area (TPSA) is 38.9 Å². The van der Waals surface area contributed by atoms with Crippen molar-refractivity contribution < 1.29 is 0 Å². The number of pyridine rings is 1. The van der Waals surface area contributed by atoms with E-state index >= 15 is 0 Å². The zero-order chi connectivity index (χ0) is 14.0. The molecule has 2 aromatic rings. The van der Waals surface area contributed by atoms with Crippen LogP contribution in [0.3, 0.4) is 0 Å². The molecule has 1 heterocycles. The molecule has 0 saturated heterocycles. The van der Waals surface area contributed by atoms with Gasteiger partial charge in [-0.25, -0.2) is 0 Å². The Labute approximate surface area is 123 Å². The lowest BCUT2D eigenvalue weighted by Gasteiger charge is -2.14. The van der Waals surface area contributed by atoms with Crippen LogP contribution in [0.5, 0.6) is 0 Å². The average molecular weight is 295 g/mol. The van der Waals surface area contributed by atoms with Crippen LogP contribution in [0.2, 0.25) is 10.0 Å². The summed E-state index contributed by atoms with van der Waals surface area (Å²) >= 11 is 12.2. The van der Waals surface area contributed by atoms with Crippen molar-refractivity contribution in [1.29, 1.82) is 0 Å². The van der Waals surface area contributed by atoms with Crippen molar-refractivity contribution in [2.75, 3.05) is 0 Å². The predicted octanol–water partition coefficient (Wildman–Crippen LogP) is 4.25. The van der Waals surface area contributed by atoms with Crippen LogP contribution in [0.4, 0.5) is 0 Å². The second kappa shape index (κ2) is 5.91. The van der Waals surface area contributed by atoms with Gasteiger partial charge in [0.2, 0.25) is 0 Å². The van der Waals surface area contributed by atoms with E-state index in [0.717, 1.165) is 22.5 Å². The van der Waals surface area contributed by atoms with E-state index in [9.17, 15) is 0 Å². The van der Waals surface area contributed by atoms with E-state index < -0.39 is 0 Å². The zero-order valence-corrected chi connectivity index (χ0v) is 12.5. The Morgan fingerprint density at radius 2 is 1.74 bits per heavy atom. The van der Waals surface area contributed by atoms with E-state index in [-0.39, 0.29) is 6.04 Å². The van der Waals surface area contributed by atoms with Crippen molar-refractivity contribution in [3.63, 3.8) is 0 Å². The van der Waals surface area contributed by atoms with Crippen LogP contribution in [0.25, 0.3) is 0 Å². The second-order valence-corrected chi connectivity index (χ2v) is 5.57. The summed E-state index contributed by atoms with van der Waals surface area (Å²) in [5.41, 5.74) is 10.2. The third-order valence-corrected chi connectivity index (χ3v) is 3.58. The van der Waals surface area contributed by atoms with Gasteiger partial charge in [0.05, 0.1) is 0 Å². The van der Waals surface area contributed by atoms with Crippen molar-refractivity contribution in [1.82, 2.24) is 4.98 Å². The minimum Gasteiger partial charge on any atom is -0.324 e. The summed E-state index contributed by atoms with van der Waals surface area (Å²) in [4.78, 5) is 4.35. The Morgan fingerprint density at radius 1 is 1.11 bits per heavy atom. The molecule has 0 fully saturated rings. The molecule has 0 radical (unpaired) electrons. The highest BCUT2D eigenvalue weighted by Gasteiger charge is 2.11. The molecule has 1 atom stereocenters. The van der Waals surface area contributed by atoms with E-state index in [1.807, 2.05) is 32.0 Å². The Balaban J connectivity index is 2.25.